The predicted octanol–water partition coefficient (Wildman–Crippen LogP) is 3.79. The van der Waals surface area contributed by atoms with Gasteiger partial charge in [-0.2, -0.15) is 5.10 Å². The van der Waals surface area contributed by atoms with Crippen molar-refractivity contribution in [3.05, 3.63) is 51.3 Å². The van der Waals surface area contributed by atoms with Crippen molar-refractivity contribution in [3.8, 4) is 0 Å². The van der Waals surface area contributed by atoms with Crippen molar-refractivity contribution in [1.82, 2.24) is 15.1 Å². The smallest absolute Gasteiger partial charge is 0.0738 e. The van der Waals surface area contributed by atoms with Crippen LogP contribution in [0.25, 0.3) is 0 Å². The van der Waals surface area contributed by atoms with Crippen LogP contribution in [0.1, 0.15) is 35.5 Å². The maximum absolute atomic E-state index is 4.57. The number of nitrogens with zero attached hydrogens (tertiary/aromatic N) is 2. The zero-order valence-electron chi connectivity index (χ0n) is 12.6. The first-order valence-corrected chi connectivity index (χ1v) is 7.81. The topological polar surface area (TPSA) is 29.9 Å². The fourth-order valence-corrected chi connectivity index (χ4v) is 2.89. The van der Waals surface area contributed by atoms with Gasteiger partial charge in [-0.15, -0.1) is 0 Å². The van der Waals surface area contributed by atoms with Gasteiger partial charge in [0.05, 0.1) is 15.9 Å². The Labute approximate surface area is 129 Å². The Kier molecular flexibility index (Phi) is 5.00. The highest BCUT2D eigenvalue weighted by Gasteiger charge is 2.17. The Morgan fingerprint density at radius 2 is 1.90 bits per heavy atom. The second-order valence-electron chi connectivity index (χ2n) is 5.12. The van der Waals surface area contributed by atoms with Crippen LogP contribution in [-0.2, 0) is 13.0 Å². The molecule has 0 aliphatic heterocycles. The van der Waals surface area contributed by atoms with Crippen LogP contribution in [0, 0.1) is 13.8 Å². The second kappa shape index (κ2) is 6.55. The predicted molar refractivity (Wildman–Crippen MR) is 87.0 cm³/mol. The molecule has 1 unspecified atom stereocenters. The van der Waals surface area contributed by atoms with E-state index in [1.807, 2.05) is 14.0 Å². The maximum atomic E-state index is 4.57. The highest BCUT2D eigenvalue weighted by molar-refractivity contribution is 9.10. The molecule has 0 radical (unpaired) electrons. The number of halogens is 1. The van der Waals surface area contributed by atoms with Crippen molar-refractivity contribution in [3.63, 3.8) is 0 Å². The number of hydrogen-bond donors (Lipinski definition) is 1. The molecule has 20 heavy (non-hydrogen) atoms. The van der Waals surface area contributed by atoms with Gasteiger partial charge in [0.2, 0.25) is 0 Å². The summed E-state index contributed by atoms with van der Waals surface area (Å²) in [6.07, 6.45) is 0.925. The molecule has 1 aromatic carbocycles. The van der Waals surface area contributed by atoms with Gasteiger partial charge in [-0.1, -0.05) is 29.8 Å². The van der Waals surface area contributed by atoms with Crippen LogP contribution in [0.5, 0.6) is 0 Å². The molecule has 0 fully saturated rings. The molecule has 0 amide bonds. The molecule has 108 valence electrons. The summed E-state index contributed by atoms with van der Waals surface area (Å²) >= 11 is 3.67. The lowest BCUT2D eigenvalue weighted by molar-refractivity contribution is 0.540. The molecule has 4 heteroatoms. The molecule has 0 aliphatic carbocycles. The van der Waals surface area contributed by atoms with Crippen LogP contribution < -0.4 is 5.32 Å². The molecule has 0 bridgehead atoms. The Morgan fingerprint density at radius 3 is 2.45 bits per heavy atom. The van der Waals surface area contributed by atoms with E-state index >= 15 is 0 Å². The fourth-order valence-electron chi connectivity index (χ4n) is 2.44. The van der Waals surface area contributed by atoms with Gasteiger partial charge in [0.1, 0.15) is 0 Å². The fraction of sp³-hybridized carbons (Fsp3) is 0.438. The highest BCUT2D eigenvalue weighted by Crippen LogP contribution is 2.26. The molecular formula is C16H22BrN3. The molecular weight excluding hydrogens is 314 g/mol. The lowest BCUT2D eigenvalue weighted by atomic mass is 10.0. The number of hydrogen-bond acceptors (Lipinski definition) is 2. The average molecular weight is 336 g/mol. The zero-order valence-corrected chi connectivity index (χ0v) is 14.2. The van der Waals surface area contributed by atoms with Crippen LogP contribution in [-0.4, -0.2) is 16.8 Å². The molecule has 2 aromatic rings. The van der Waals surface area contributed by atoms with Gasteiger partial charge in [-0.05, 0) is 49.3 Å². The number of aromatic nitrogens is 2. The molecule has 2 rings (SSSR count). The first-order valence-electron chi connectivity index (χ1n) is 7.02. The van der Waals surface area contributed by atoms with Crippen LogP contribution in [0.4, 0.5) is 0 Å². The number of likely N-dealkylation sites (N-methyl/N-ethyl adjacent to an activating group) is 1. The average Bonchev–Trinajstić information content (AvgIpc) is 2.73. The summed E-state index contributed by atoms with van der Waals surface area (Å²) in [7, 11) is 2.01. The van der Waals surface area contributed by atoms with E-state index in [2.05, 4.69) is 69.1 Å². The lowest BCUT2D eigenvalue weighted by Gasteiger charge is -2.18. The summed E-state index contributed by atoms with van der Waals surface area (Å²) in [4.78, 5) is 0. The second-order valence-corrected chi connectivity index (χ2v) is 5.91. The maximum Gasteiger partial charge on any atom is 0.0738 e. The van der Waals surface area contributed by atoms with Gasteiger partial charge in [0.25, 0.3) is 0 Å². The third-order valence-corrected chi connectivity index (χ3v) is 4.71. The van der Waals surface area contributed by atoms with Gasteiger partial charge in [0.15, 0.2) is 0 Å². The lowest BCUT2D eigenvalue weighted by Crippen LogP contribution is -2.20. The van der Waals surface area contributed by atoms with Gasteiger partial charge in [-0.25, -0.2) is 0 Å². The molecule has 0 saturated carbocycles. The molecule has 1 heterocycles. The van der Waals surface area contributed by atoms with Crippen molar-refractivity contribution in [1.29, 1.82) is 0 Å². The zero-order chi connectivity index (χ0) is 14.7. The standard InChI is InChI=1S/C16H22BrN3/c1-5-20-15(16(17)12(3)19-20)10-14(18-4)13-8-6-11(2)7-9-13/h6-9,14,18H,5,10H2,1-4H3. The molecule has 0 aliphatic rings. The van der Waals surface area contributed by atoms with E-state index in [1.165, 1.54) is 16.8 Å². The number of aryl methyl sites for hydroxylation is 3. The number of rotatable bonds is 5. The molecule has 1 atom stereocenters. The summed E-state index contributed by atoms with van der Waals surface area (Å²) in [5.74, 6) is 0. The summed E-state index contributed by atoms with van der Waals surface area (Å²) in [6.45, 7) is 7.18. The minimum Gasteiger partial charge on any atom is -0.313 e. The van der Waals surface area contributed by atoms with E-state index in [0.29, 0.717) is 6.04 Å². The normalized spacial score (nSPS) is 12.7. The summed E-state index contributed by atoms with van der Waals surface area (Å²) < 4.78 is 3.21. The molecule has 0 saturated heterocycles. The molecule has 1 aromatic heterocycles. The largest absolute Gasteiger partial charge is 0.313 e. The van der Waals surface area contributed by atoms with E-state index < -0.39 is 0 Å². The Bertz CT molecular complexity index is 572. The van der Waals surface area contributed by atoms with E-state index in [1.54, 1.807) is 0 Å². The Balaban J connectivity index is 2.28. The van der Waals surface area contributed by atoms with Crippen molar-refractivity contribution in [2.45, 2.75) is 39.8 Å². The molecule has 3 nitrogen and oxygen atoms in total. The summed E-state index contributed by atoms with van der Waals surface area (Å²) in [5.41, 5.74) is 4.91. The SMILES string of the molecule is CCn1nc(C)c(Br)c1CC(NC)c1ccc(C)cc1. The van der Waals surface area contributed by atoms with Gasteiger partial charge < -0.3 is 5.32 Å². The van der Waals surface area contributed by atoms with Crippen molar-refractivity contribution >= 4 is 15.9 Å². The molecule has 1 N–H and O–H groups in total. The van der Waals surface area contributed by atoms with Gasteiger partial charge in [0, 0.05) is 19.0 Å². The Morgan fingerprint density at radius 1 is 1.25 bits per heavy atom. The molecule has 0 spiro atoms. The minimum atomic E-state index is 0.299. The number of nitrogens with one attached hydrogen (secondary N) is 1. The number of benzene rings is 1. The summed E-state index contributed by atoms with van der Waals surface area (Å²) in [5, 5.41) is 7.98. The van der Waals surface area contributed by atoms with E-state index in [-0.39, 0.29) is 0 Å². The van der Waals surface area contributed by atoms with Crippen LogP contribution >= 0.6 is 15.9 Å². The monoisotopic (exact) mass is 335 g/mol. The van der Waals surface area contributed by atoms with Crippen LogP contribution in [0.2, 0.25) is 0 Å². The van der Waals surface area contributed by atoms with Crippen LogP contribution in [0.15, 0.2) is 28.7 Å². The summed E-state index contributed by atoms with van der Waals surface area (Å²) in [6, 6.07) is 9.02. The van der Waals surface area contributed by atoms with Crippen molar-refractivity contribution in [2.24, 2.45) is 0 Å². The quantitative estimate of drug-likeness (QED) is 0.900. The van der Waals surface area contributed by atoms with E-state index in [9.17, 15) is 0 Å². The van der Waals surface area contributed by atoms with Gasteiger partial charge >= 0.3 is 0 Å². The minimum absolute atomic E-state index is 0.299. The van der Waals surface area contributed by atoms with Crippen molar-refractivity contribution < 1.29 is 0 Å². The third kappa shape index (κ3) is 3.13. The third-order valence-electron chi connectivity index (χ3n) is 3.68. The van der Waals surface area contributed by atoms with E-state index in [4.69, 9.17) is 0 Å². The first-order chi connectivity index (χ1) is 9.56. The highest BCUT2D eigenvalue weighted by atomic mass is 79.9. The van der Waals surface area contributed by atoms with Crippen molar-refractivity contribution in [2.75, 3.05) is 7.05 Å². The van der Waals surface area contributed by atoms with Gasteiger partial charge in [-0.3, -0.25) is 4.68 Å². The first kappa shape index (κ1) is 15.3. The Hall–Kier alpha value is -1.13. The van der Waals surface area contributed by atoms with E-state index in [0.717, 1.165) is 23.1 Å². The van der Waals surface area contributed by atoms with Crippen LogP contribution in [0.3, 0.4) is 0 Å².